The first-order valence-electron chi connectivity index (χ1n) is 9.57. The van der Waals surface area contributed by atoms with Crippen LogP contribution in [0.2, 0.25) is 0 Å². The van der Waals surface area contributed by atoms with Crippen LogP contribution >= 0.6 is 11.8 Å². The van der Waals surface area contributed by atoms with E-state index in [0.717, 1.165) is 17.3 Å². The number of ether oxygens (including phenoxy) is 2. The van der Waals surface area contributed by atoms with E-state index in [4.69, 9.17) is 9.47 Å². The molecule has 8 heteroatoms. The minimum Gasteiger partial charge on any atom is -0.465 e. The average molecular weight is 426 g/mol. The van der Waals surface area contributed by atoms with Crippen LogP contribution in [0.15, 0.2) is 58.5 Å². The molecule has 0 fully saturated rings. The van der Waals surface area contributed by atoms with E-state index >= 15 is 0 Å². The number of carbonyl (C=O) groups is 2. The summed E-state index contributed by atoms with van der Waals surface area (Å²) >= 11 is 1.13. The van der Waals surface area contributed by atoms with E-state index in [1.807, 2.05) is 30.3 Å². The fraction of sp³-hybridized carbons (Fsp3) is 0.273. The van der Waals surface area contributed by atoms with Crippen LogP contribution in [0, 0.1) is 0 Å². The first-order chi connectivity index (χ1) is 14.5. The second-order valence-corrected chi connectivity index (χ2v) is 7.26. The van der Waals surface area contributed by atoms with Crippen molar-refractivity contribution in [3.8, 4) is 0 Å². The number of carbonyl (C=O) groups excluding carboxylic acids is 2. The van der Waals surface area contributed by atoms with Crippen molar-refractivity contribution in [3.63, 3.8) is 0 Å². The lowest BCUT2D eigenvalue weighted by atomic mass is 10.1. The van der Waals surface area contributed by atoms with Crippen molar-refractivity contribution >= 4 is 34.6 Å². The van der Waals surface area contributed by atoms with Crippen molar-refractivity contribution in [2.45, 2.75) is 25.5 Å². The maximum absolute atomic E-state index is 13.2. The van der Waals surface area contributed by atoms with Gasteiger partial charge in [0.1, 0.15) is 0 Å². The predicted octanol–water partition coefficient (Wildman–Crippen LogP) is 3.28. The Morgan fingerprint density at radius 3 is 2.47 bits per heavy atom. The monoisotopic (exact) mass is 426 g/mol. The Balaban J connectivity index is 2.06. The lowest BCUT2D eigenvalue weighted by Crippen LogP contribution is -2.24. The van der Waals surface area contributed by atoms with E-state index in [9.17, 15) is 14.4 Å². The number of benzene rings is 2. The normalized spacial score (nSPS) is 10.7. The lowest BCUT2D eigenvalue weighted by Gasteiger charge is -2.13. The summed E-state index contributed by atoms with van der Waals surface area (Å²) in [4.78, 5) is 41.7. The molecule has 0 N–H and O–H groups in total. The Kier molecular flexibility index (Phi) is 7.24. The molecule has 0 aliphatic rings. The molecule has 0 spiro atoms. The van der Waals surface area contributed by atoms with Crippen molar-refractivity contribution in [1.29, 1.82) is 0 Å². The van der Waals surface area contributed by atoms with Gasteiger partial charge in [-0.1, -0.05) is 42.1 Å². The van der Waals surface area contributed by atoms with Gasteiger partial charge in [0, 0.05) is 0 Å². The second kappa shape index (κ2) is 10.1. The number of fused-ring (bicyclic) bond motifs is 1. The summed E-state index contributed by atoms with van der Waals surface area (Å²) in [6.45, 7) is 4.31. The van der Waals surface area contributed by atoms with Crippen molar-refractivity contribution in [1.82, 2.24) is 9.55 Å². The third-order valence-corrected chi connectivity index (χ3v) is 5.19. The largest absolute Gasteiger partial charge is 0.465 e. The third-order valence-electron chi connectivity index (χ3n) is 4.24. The number of hydrogen-bond donors (Lipinski definition) is 0. The average Bonchev–Trinajstić information content (AvgIpc) is 2.75. The molecule has 3 rings (SSSR count). The van der Waals surface area contributed by atoms with Gasteiger partial charge < -0.3 is 9.47 Å². The standard InChI is InChI=1S/C22H22N2O5S/c1-3-28-19(25)14-30-22-23-18-12-16(21(27)29-4-2)10-11-17(18)20(26)24(22)13-15-8-6-5-7-9-15/h5-12H,3-4,13-14H2,1-2H3. The summed E-state index contributed by atoms with van der Waals surface area (Å²) in [6.07, 6.45) is 0. The van der Waals surface area contributed by atoms with Crippen LogP contribution in [0.1, 0.15) is 29.8 Å². The number of esters is 2. The zero-order chi connectivity index (χ0) is 21.5. The fourth-order valence-electron chi connectivity index (χ4n) is 2.88. The quantitative estimate of drug-likeness (QED) is 0.310. The summed E-state index contributed by atoms with van der Waals surface area (Å²) < 4.78 is 11.5. The van der Waals surface area contributed by atoms with Crippen LogP contribution in [0.25, 0.3) is 10.9 Å². The smallest absolute Gasteiger partial charge is 0.338 e. The molecule has 0 saturated heterocycles. The van der Waals surface area contributed by atoms with Gasteiger partial charge in [-0.05, 0) is 37.6 Å². The maximum atomic E-state index is 13.2. The molecule has 1 aromatic heterocycles. The molecule has 0 amide bonds. The van der Waals surface area contributed by atoms with Crippen LogP contribution in [0.4, 0.5) is 0 Å². The molecular formula is C22H22N2O5S. The predicted molar refractivity (Wildman–Crippen MR) is 115 cm³/mol. The summed E-state index contributed by atoms with van der Waals surface area (Å²) in [5, 5.41) is 0.768. The molecule has 0 aliphatic carbocycles. The number of aromatic nitrogens is 2. The second-order valence-electron chi connectivity index (χ2n) is 6.32. The Morgan fingerprint density at radius 1 is 1.03 bits per heavy atom. The Hall–Kier alpha value is -3.13. The highest BCUT2D eigenvalue weighted by Gasteiger charge is 2.16. The molecule has 0 radical (unpaired) electrons. The van der Waals surface area contributed by atoms with E-state index in [1.54, 1.807) is 26.0 Å². The fourth-order valence-corrected chi connectivity index (χ4v) is 3.68. The summed E-state index contributed by atoms with van der Waals surface area (Å²) in [5.41, 5.74) is 1.38. The molecule has 0 unspecified atom stereocenters. The van der Waals surface area contributed by atoms with E-state index in [2.05, 4.69) is 4.98 Å². The minimum absolute atomic E-state index is 0.0259. The summed E-state index contributed by atoms with van der Waals surface area (Å²) in [6, 6.07) is 14.2. The van der Waals surface area contributed by atoms with Gasteiger partial charge in [0.15, 0.2) is 5.16 Å². The molecule has 3 aromatic rings. The Labute approximate surface area is 178 Å². The van der Waals surface area contributed by atoms with Crippen molar-refractivity contribution < 1.29 is 19.1 Å². The van der Waals surface area contributed by atoms with Crippen LogP contribution in [-0.4, -0.2) is 40.5 Å². The van der Waals surface area contributed by atoms with Gasteiger partial charge in [-0.15, -0.1) is 0 Å². The summed E-state index contributed by atoms with van der Waals surface area (Å²) in [7, 11) is 0. The van der Waals surface area contributed by atoms with Gasteiger partial charge in [-0.25, -0.2) is 9.78 Å². The number of thioether (sulfide) groups is 1. The third kappa shape index (κ3) is 5.07. The molecule has 0 atom stereocenters. The van der Waals surface area contributed by atoms with E-state index in [0.29, 0.717) is 28.2 Å². The first-order valence-corrected chi connectivity index (χ1v) is 10.6. The zero-order valence-corrected chi connectivity index (χ0v) is 17.6. The van der Waals surface area contributed by atoms with E-state index in [1.165, 1.54) is 10.6 Å². The van der Waals surface area contributed by atoms with Gasteiger partial charge in [-0.2, -0.15) is 0 Å². The molecule has 2 aromatic carbocycles. The maximum Gasteiger partial charge on any atom is 0.338 e. The molecule has 0 bridgehead atoms. The highest BCUT2D eigenvalue weighted by Crippen LogP contribution is 2.20. The van der Waals surface area contributed by atoms with Crippen LogP contribution < -0.4 is 5.56 Å². The van der Waals surface area contributed by atoms with Crippen LogP contribution in [-0.2, 0) is 20.8 Å². The number of rotatable bonds is 8. The SMILES string of the molecule is CCOC(=O)CSc1nc2cc(C(=O)OCC)ccc2c(=O)n1Cc1ccccc1. The van der Waals surface area contributed by atoms with E-state index in [-0.39, 0.29) is 30.5 Å². The molecular weight excluding hydrogens is 404 g/mol. The van der Waals surface area contributed by atoms with Gasteiger partial charge in [0.05, 0.1) is 42.0 Å². The van der Waals surface area contributed by atoms with Crippen molar-refractivity contribution in [2.75, 3.05) is 19.0 Å². The highest BCUT2D eigenvalue weighted by molar-refractivity contribution is 7.99. The van der Waals surface area contributed by atoms with Gasteiger partial charge in [0.25, 0.3) is 5.56 Å². The molecule has 7 nitrogen and oxygen atoms in total. The van der Waals surface area contributed by atoms with E-state index < -0.39 is 5.97 Å². The Morgan fingerprint density at radius 2 is 1.77 bits per heavy atom. The Bertz CT molecular complexity index is 1110. The molecule has 0 aliphatic heterocycles. The van der Waals surface area contributed by atoms with Crippen molar-refractivity contribution in [3.05, 3.63) is 70.0 Å². The minimum atomic E-state index is -0.476. The number of nitrogens with zero attached hydrogens (tertiary/aromatic N) is 2. The first kappa shape index (κ1) is 21.6. The van der Waals surface area contributed by atoms with Crippen LogP contribution in [0.3, 0.4) is 0 Å². The molecule has 30 heavy (non-hydrogen) atoms. The van der Waals surface area contributed by atoms with Crippen LogP contribution in [0.5, 0.6) is 0 Å². The van der Waals surface area contributed by atoms with Gasteiger partial charge >= 0.3 is 11.9 Å². The molecule has 0 saturated carbocycles. The topological polar surface area (TPSA) is 87.5 Å². The van der Waals surface area contributed by atoms with Crippen molar-refractivity contribution in [2.24, 2.45) is 0 Å². The summed E-state index contributed by atoms with van der Waals surface area (Å²) in [5.74, 6) is -0.836. The van der Waals surface area contributed by atoms with Gasteiger partial charge in [0.2, 0.25) is 0 Å². The molecule has 1 heterocycles. The lowest BCUT2D eigenvalue weighted by molar-refractivity contribution is -0.139. The molecule has 156 valence electrons. The zero-order valence-electron chi connectivity index (χ0n) is 16.8. The highest BCUT2D eigenvalue weighted by atomic mass is 32.2. The number of hydrogen-bond acceptors (Lipinski definition) is 7. The van der Waals surface area contributed by atoms with Gasteiger partial charge in [-0.3, -0.25) is 14.2 Å².